The largest absolute Gasteiger partial charge is 0.256 e. The Kier molecular flexibility index (Phi) is 3.06. The lowest BCUT2D eigenvalue weighted by atomic mass is 10.6. The molecule has 3 heteroatoms. The van der Waals surface area contributed by atoms with E-state index in [1.54, 1.807) is 11.9 Å². The van der Waals surface area contributed by atoms with Crippen LogP contribution in [0.4, 0.5) is 0 Å². The van der Waals surface area contributed by atoms with Crippen LogP contribution < -0.4 is 4.57 Å². The lowest BCUT2D eigenvalue weighted by Crippen LogP contribution is -2.29. The van der Waals surface area contributed by atoms with Crippen molar-refractivity contribution in [3.05, 3.63) is 18.7 Å². The van der Waals surface area contributed by atoms with E-state index in [0.29, 0.717) is 0 Å². The second kappa shape index (κ2) is 4.09. The molecule has 1 rings (SSSR count). The van der Waals surface area contributed by atoms with Crippen molar-refractivity contribution in [1.29, 1.82) is 0 Å². The van der Waals surface area contributed by atoms with Gasteiger partial charge in [0.25, 0.3) is 6.33 Å². The highest BCUT2D eigenvalue weighted by Gasteiger charge is 1.98. The molecule has 0 spiro atoms. The van der Waals surface area contributed by atoms with Crippen molar-refractivity contribution >= 4 is 11.9 Å². The van der Waals surface area contributed by atoms with Gasteiger partial charge in [0, 0.05) is 6.26 Å². The van der Waals surface area contributed by atoms with Crippen LogP contribution in [-0.4, -0.2) is 10.2 Å². The molecular formula is C8H11N2S+. The highest BCUT2D eigenvalue weighted by molar-refractivity contribution is 7.97. The highest BCUT2D eigenvalue weighted by atomic mass is 32.2. The lowest BCUT2D eigenvalue weighted by Gasteiger charge is -1.83. The fourth-order valence-corrected chi connectivity index (χ4v) is 1.14. The van der Waals surface area contributed by atoms with Crippen molar-refractivity contribution in [1.82, 2.24) is 3.97 Å². The molecule has 0 aliphatic heterocycles. The van der Waals surface area contributed by atoms with Crippen LogP contribution in [0.3, 0.4) is 0 Å². The van der Waals surface area contributed by atoms with E-state index in [0.717, 1.165) is 6.54 Å². The number of hydrogen-bond acceptors (Lipinski definition) is 1. The molecule has 0 unspecified atom stereocenters. The fraction of sp³-hybridized carbons (Fsp3) is 0.375. The molecule has 0 aliphatic rings. The minimum atomic E-state index is 0.782. The summed E-state index contributed by atoms with van der Waals surface area (Å²) in [5.74, 6) is 5.85. The van der Waals surface area contributed by atoms with Crippen LogP contribution in [0.5, 0.6) is 0 Å². The van der Waals surface area contributed by atoms with Gasteiger partial charge in [0.2, 0.25) is 0 Å². The number of hydrogen-bond donors (Lipinski definition) is 0. The summed E-state index contributed by atoms with van der Waals surface area (Å²) in [5.41, 5.74) is 0. The predicted molar refractivity (Wildman–Crippen MR) is 47.0 cm³/mol. The summed E-state index contributed by atoms with van der Waals surface area (Å²) < 4.78 is 4.09. The Balaban J connectivity index is 2.62. The van der Waals surface area contributed by atoms with Crippen molar-refractivity contribution in [3.63, 3.8) is 0 Å². The van der Waals surface area contributed by atoms with E-state index in [1.807, 2.05) is 40.4 Å². The van der Waals surface area contributed by atoms with Crippen LogP contribution in [0, 0.1) is 11.8 Å². The molecule has 11 heavy (non-hydrogen) atoms. The second-order valence-electron chi connectivity index (χ2n) is 2.06. The van der Waals surface area contributed by atoms with Crippen LogP contribution >= 0.6 is 11.9 Å². The highest BCUT2D eigenvalue weighted by Crippen LogP contribution is 1.95. The van der Waals surface area contributed by atoms with E-state index >= 15 is 0 Å². The Morgan fingerprint density at radius 1 is 1.64 bits per heavy atom. The summed E-state index contributed by atoms with van der Waals surface area (Å²) in [4.78, 5) is 0. The Morgan fingerprint density at radius 3 is 3.00 bits per heavy atom. The zero-order valence-electron chi connectivity index (χ0n) is 6.74. The molecule has 1 heterocycles. The topological polar surface area (TPSA) is 8.81 Å². The van der Waals surface area contributed by atoms with Crippen molar-refractivity contribution < 1.29 is 4.57 Å². The summed E-state index contributed by atoms with van der Waals surface area (Å²) >= 11 is 1.67. The normalized spacial score (nSPS) is 8.91. The average Bonchev–Trinajstić information content (AvgIpc) is 2.48. The molecule has 0 saturated carbocycles. The van der Waals surface area contributed by atoms with E-state index in [-0.39, 0.29) is 0 Å². The summed E-state index contributed by atoms with van der Waals surface area (Å²) in [6.45, 7) is 2.64. The van der Waals surface area contributed by atoms with Crippen molar-refractivity contribution in [2.75, 3.05) is 6.26 Å². The van der Waals surface area contributed by atoms with Crippen molar-refractivity contribution in [2.45, 2.75) is 13.5 Å². The van der Waals surface area contributed by atoms with Crippen LogP contribution in [0.25, 0.3) is 0 Å². The van der Waals surface area contributed by atoms with Gasteiger partial charge in [-0.3, -0.25) is 0 Å². The molecule has 0 atom stereocenters. The molecule has 0 aromatic carbocycles. The fourth-order valence-electron chi connectivity index (χ4n) is 0.746. The van der Waals surface area contributed by atoms with Gasteiger partial charge in [-0.2, -0.15) is 3.97 Å². The minimum absolute atomic E-state index is 0.782. The van der Waals surface area contributed by atoms with Crippen LogP contribution in [0.15, 0.2) is 18.7 Å². The molecule has 1 aromatic rings. The molecule has 0 bridgehead atoms. The summed E-state index contributed by atoms with van der Waals surface area (Å²) in [5, 5.41) is 0. The van der Waals surface area contributed by atoms with Gasteiger partial charge < -0.3 is 0 Å². The molecule has 1 aromatic heterocycles. The predicted octanol–water partition coefficient (Wildman–Crippen LogP) is 0.925. The zero-order valence-corrected chi connectivity index (χ0v) is 7.56. The first-order chi connectivity index (χ1) is 5.36. The average molecular weight is 167 g/mol. The molecule has 0 N–H and O–H groups in total. The van der Waals surface area contributed by atoms with E-state index in [2.05, 4.69) is 11.8 Å². The maximum atomic E-state index is 2.99. The number of rotatable bonds is 2. The second-order valence-corrected chi connectivity index (χ2v) is 2.84. The SMILES string of the molecule is CC#CC[n+]1ccn(SC)c1. The Labute approximate surface area is 71.4 Å². The summed E-state index contributed by atoms with van der Waals surface area (Å²) in [6.07, 6.45) is 8.09. The molecule has 0 radical (unpaired) electrons. The van der Waals surface area contributed by atoms with Crippen LogP contribution in [0.1, 0.15) is 6.92 Å². The van der Waals surface area contributed by atoms with E-state index in [9.17, 15) is 0 Å². The Bertz CT molecular complexity index is 280. The maximum absolute atomic E-state index is 2.99. The minimum Gasteiger partial charge on any atom is -0.225 e. The smallest absolute Gasteiger partial charge is 0.225 e. The van der Waals surface area contributed by atoms with Crippen LogP contribution in [0.2, 0.25) is 0 Å². The third-order valence-electron chi connectivity index (χ3n) is 1.32. The monoisotopic (exact) mass is 167 g/mol. The first kappa shape index (κ1) is 8.22. The Hall–Kier alpha value is -0.880. The van der Waals surface area contributed by atoms with Gasteiger partial charge >= 0.3 is 0 Å². The van der Waals surface area contributed by atoms with E-state index in [1.165, 1.54) is 0 Å². The van der Waals surface area contributed by atoms with Gasteiger partial charge in [-0.15, -0.1) is 5.92 Å². The van der Waals surface area contributed by atoms with Gasteiger partial charge in [0.15, 0.2) is 6.54 Å². The maximum Gasteiger partial charge on any atom is 0.256 e. The molecule has 0 fully saturated rings. The van der Waals surface area contributed by atoms with Crippen molar-refractivity contribution in [2.24, 2.45) is 0 Å². The van der Waals surface area contributed by atoms with Gasteiger partial charge in [0.1, 0.15) is 12.4 Å². The third kappa shape index (κ3) is 2.32. The first-order valence-corrected chi connectivity index (χ1v) is 4.56. The number of aromatic nitrogens is 2. The Morgan fingerprint density at radius 2 is 2.45 bits per heavy atom. The summed E-state index contributed by atoms with van der Waals surface area (Å²) in [6, 6.07) is 0. The molecule has 0 amide bonds. The molecule has 0 aliphatic carbocycles. The number of nitrogens with zero attached hydrogens (tertiary/aromatic N) is 2. The summed E-state index contributed by atoms with van der Waals surface area (Å²) in [7, 11) is 0. The van der Waals surface area contributed by atoms with Gasteiger partial charge in [-0.25, -0.2) is 4.57 Å². The zero-order chi connectivity index (χ0) is 8.10. The quantitative estimate of drug-likeness (QED) is 0.470. The lowest BCUT2D eigenvalue weighted by molar-refractivity contribution is -0.683. The molecule has 58 valence electrons. The van der Waals surface area contributed by atoms with Gasteiger partial charge in [-0.05, 0) is 6.92 Å². The molecule has 2 nitrogen and oxygen atoms in total. The number of imidazole rings is 1. The molecule has 0 saturated heterocycles. The van der Waals surface area contributed by atoms with E-state index in [4.69, 9.17) is 0 Å². The van der Waals surface area contributed by atoms with Gasteiger partial charge in [0.05, 0.1) is 11.9 Å². The van der Waals surface area contributed by atoms with E-state index < -0.39 is 0 Å². The molecular weight excluding hydrogens is 156 g/mol. The first-order valence-electron chi connectivity index (χ1n) is 3.38. The third-order valence-corrected chi connectivity index (χ3v) is 1.95. The standard InChI is InChI=1S/C8H11N2S/c1-3-4-5-9-6-7-10(8-9)11-2/h6-8H,5H2,1-2H3/q+1. The van der Waals surface area contributed by atoms with Crippen LogP contribution in [-0.2, 0) is 6.54 Å². The van der Waals surface area contributed by atoms with Crippen molar-refractivity contribution in [3.8, 4) is 11.8 Å². The van der Waals surface area contributed by atoms with Gasteiger partial charge in [-0.1, -0.05) is 5.92 Å².